The normalized spacial score (nSPS) is 10.8. The second kappa shape index (κ2) is 7.93. The van der Waals surface area contributed by atoms with Crippen molar-refractivity contribution >= 4 is 0 Å². The molecule has 0 aromatic heterocycles. The molecule has 0 N–H and O–H groups in total. The van der Waals surface area contributed by atoms with E-state index in [1.54, 1.807) is 21.3 Å². The molecule has 0 unspecified atom stereocenters. The lowest BCUT2D eigenvalue weighted by molar-refractivity contribution is 0.180. The molecule has 112 valence electrons. The van der Waals surface area contributed by atoms with Crippen LogP contribution in [0, 0.1) is 0 Å². The predicted molar refractivity (Wildman–Crippen MR) is 84.0 cm³/mol. The molecule has 3 heteroatoms. The molecular weight excluding hydrogens is 264 g/mol. The summed E-state index contributed by atoms with van der Waals surface area (Å²) in [6, 6.07) is 14.7. The van der Waals surface area contributed by atoms with Crippen LogP contribution in [0.5, 0.6) is 0 Å². The highest BCUT2D eigenvalue weighted by atomic mass is 16.5. The van der Waals surface area contributed by atoms with Gasteiger partial charge in [-0.2, -0.15) is 0 Å². The van der Waals surface area contributed by atoms with E-state index in [-0.39, 0.29) is 0 Å². The Balaban J connectivity index is 2.47. The Morgan fingerprint density at radius 1 is 0.667 bits per heavy atom. The average molecular weight is 286 g/mol. The Hall–Kier alpha value is -1.68. The number of rotatable bonds is 7. The van der Waals surface area contributed by atoms with Gasteiger partial charge in [-0.1, -0.05) is 42.5 Å². The molecule has 21 heavy (non-hydrogen) atoms. The zero-order valence-corrected chi connectivity index (χ0v) is 12.9. The van der Waals surface area contributed by atoms with Gasteiger partial charge >= 0.3 is 0 Å². The maximum atomic E-state index is 5.35. The molecular formula is C18H22O3. The van der Waals surface area contributed by atoms with Crippen molar-refractivity contribution in [2.24, 2.45) is 0 Å². The molecule has 0 amide bonds. The highest BCUT2D eigenvalue weighted by Crippen LogP contribution is 2.29. The van der Waals surface area contributed by atoms with Crippen molar-refractivity contribution in [1.29, 1.82) is 0 Å². The molecule has 0 aliphatic carbocycles. The fourth-order valence-electron chi connectivity index (χ4n) is 2.51. The molecule has 0 saturated heterocycles. The van der Waals surface area contributed by atoms with Crippen LogP contribution in [0.3, 0.4) is 0 Å². The van der Waals surface area contributed by atoms with Crippen molar-refractivity contribution in [3.8, 4) is 11.1 Å². The average Bonchev–Trinajstić information content (AvgIpc) is 2.50. The summed E-state index contributed by atoms with van der Waals surface area (Å²) in [6.07, 6.45) is 0. The van der Waals surface area contributed by atoms with Crippen LogP contribution >= 0.6 is 0 Å². The molecule has 0 saturated carbocycles. The summed E-state index contributed by atoms with van der Waals surface area (Å²) in [4.78, 5) is 0. The predicted octanol–water partition coefficient (Wildman–Crippen LogP) is 3.79. The Kier molecular flexibility index (Phi) is 5.93. The molecule has 2 aromatic rings. The van der Waals surface area contributed by atoms with E-state index in [1.807, 2.05) is 12.1 Å². The van der Waals surface area contributed by atoms with Gasteiger partial charge in [-0.15, -0.1) is 0 Å². The minimum absolute atomic E-state index is 0.578. The first-order valence-corrected chi connectivity index (χ1v) is 6.97. The van der Waals surface area contributed by atoms with Crippen LogP contribution in [0.15, 0.2) is 42.5 Å². The highest BCUT2D eigenvalue weighted by Gasteiger charge is 2.10. The monoisotopic (exact) mass is 286 g/mol. The molecule has 0 fully saturated rings. The summed E-state index contributed by atoms with van der Waals surface area (Å²) >= 11 is 0. The number of benzene rings is 2. The van der Waals surface area contributed by atoms with Crippen molar-refractivity contribution in [2.45, 2.75) is 19.8 Å². The van der Waals surface area contributed by atoms with E-state index in [2.05, 4.69) is 30.3 Å². The third-order valence-electron chi connectivity index (χ3n) is 3.39. The second-order valence-electron chi connectivity index (χ2n) is 4.95. The molecule has 0 aliphatic heterocycles. The zero-order chi connectivity index (χ0) is 15.1. The van der Waals surface area contributed by atoms with Crippen LogP contribution in [0.25, 0.3) is 11.1 Å². The van der Waals surface area contributed by atoms with E-state index in [0.29, 0.717) is 19.8 Å². The van der Waals surface area contributed by atoms with E-state index in [1.165, 1.54) is 16.7 Å². The smallest absolute Gasteiger partial charge is 0.0719 e. The van der Waals surface area contributed by atoms with Crippen molar-refractivity contribution in [3.63, 3.8) is 0 Å². The fraction of sp³-hybridized carbons (Fsp3) is 0.333. The molecule has 2 aromatic carbocycles. The zero-order valence-electron chi connectivity index (χ0n) is 12.9. The summed E-state index contributed by atoms with van der Waals surface area (Å²) in [5, 5.41) is 0. The largest absolute Gasteiger partial charge is 0.380 e. The number of hydrogen-bond donors (Lipinski definition) is 0. The Morgan fingerprint density at radius 3 is 2.00 bits per heavy atom. The van der Waals surface area contributed by atoms with Gasteiger partial charge in [-0.25, -0.2) is 0 Å². The van der Waals surface area contributed by atoms with Crippen LogP contribution < -0.4 is 0 Å². The van der Waals surface area contributed by atoms with E-state index >= 15 is 0 Å². The Bertz CT molecular complexity index is 578. The Labute approximate surface area is 126 Å². The topological polar surface area (TPSA) is 27.7 Å². The quantitative estimate of drug-likeness (QED) is 0.775. The molecule has 0 aliphatic rings. The van der Waals surface area contributed by atoms with Crippen molar-refractivity contribution in [3.05, 3.63) is 59.2 Å². The lowest BCUT2D eigenvalue weighted by Gasteiger charge is -2.15. The van der Waals surface area contributed by atoms with E-state index < -0.39 is 0 Å². The lowest BCUT2D eigenvalue weighted by Crippen LogP contribution is -1.99. The first-order chi connectivity index (χ1) is 10.3. The minimum atomic E-state index is 0.578. The maximum Gasteiger partial charge on any atom is 0.0719 e. The van der Waals surface area contributed by atoms with Crippen LogP contribution in [0.1, 0.15) is 16.7 Å². The van der Waals surface area contributed by atoms with Crippen LogP contribution in [-0.4, -0.2) is 21.3 Å². The first-order valence-electron chi connectivity index (χ1n) is 6.97. The summed E-state index contributed by atoms with van der Waals surface area (Å²) in [5.41, 5.74) is 5.87. The second-order valence-corrected chi connectivity index (χ2v) is 4.95. The van der Waals surface area contributed by atoms with Gasteiger partial charge in [0.15, 0.2) is 0 Å². The van der Waals surface area contributed by atoms with Gasteiger partial charge < -0.3 is 14.2 Å². The van der Waals surface area contributed by atoms with Gasteiger partial charge in [-0.3, -0.25) is 0 Å². The van der Waals surface area contributed by atoms with Gasteiger partial charge in [0.25, 0.3) is 0 Å². The van der Waals surface area contributed by atoms with Gasteiger partial charge in [0, 0.05) is 21.3 Å². The fourth-order valence-corrected chi connectivity index (χ4v) is 2.51. The standard InChI is InChI=1S/C18H22O3/c1-19-11-14-8-9-18(16(10-14)13-21-3)17-7-5-4-6-15(17)12-20-2/h4-10H,11-13H2,1-3H3. The van der Waals surface area contributed by atoms with Gasteiger partial charge in [0.05, 0.1) is 19.8 Å². The highest BCUT2D eigenvalue weighted by molar-refractivity contribution is 5.71. The summed E-state index contributed by atoms with van der Waals surface area (Å²) in [6.45, 7) is 1.79. The summed E-state index contributed by atoms with van der Waals surface area (Å²) in [5.74, 6) is 0. The first kappa shape index (κ1) is 15.7. The van der Waals surface area contributed by atoms with Crippen LogP contribution in [0.4, 0.5) is 0 Å². The summed E-state index contributed by atoms with van der Waals surface area (Å²) < 4.78 is 15.9. The van der Waals surface area contributed by atoms with E-state index in [9.17, 15) is 0 Å². The number of ether oxygens (including phenoxy) is 3. The molecule has 0 heterocycles. The summed E-state index contributed by atoms with van der Waals surface area (Å²) in [7, 11) is 5.14. The molecule has 0 atom stereocenters. The molecule has 0 radical (unpaired) electrons. The molecule has 2 rings (SSSR count). The third-order valence-corrected chi connectivity index (χ3v) is 3.39. The molecule has 3 nitrogen and oxygen atoms in total. The van der Waals surface area contributed by atoms with Gasteiger partial charge in [0.2, 0.25) is 0 Å². The van der Waals surface area contributed by atoms with E-state index in [0.717, 1.165) is 11.1 Å². The van der Waals surface area contributed by atoms with E-state index in [4.69, 9.17) is 14.2 Å². The molecule has 0 spiro atoms. The maximum absolute atomic E-state index is 5.35. The molecule has 0 bridgehead atoms. The minimum Gasteiger partial charge on any atom is -0.380 e. The van der Waals surface area contributed by atoms with Crippen LogP contribution in [-0.2, 0) is 34.0 Å². The van der Waals surface area contributed by atoms with Gasteiger partial charge in [0.1, 0.15) is 0 Å². The number of methoxy groups -OCH3 is 3. The van der Waals surface area contributed by atoms with Crippen LogP contribution in [0.2, 0.25) is 0 Å². The SMILES string of the molecule is COCc1ccc(-c2ccccc2COC)c(COC)c1. The number of hydrogen-bond acceptors (Lipinski definition) is 3. The van der Waals surface area contributed by atoms with Crippen molar-refractivity contribution in [2.75, 3.05) is 21.3 Å². The van der Waals surface area contributed by atoms with Crippen molar-refractivity contribution in [1.82, 2.24) is 0 Å². The Morgan fingerprint density at radius 2 is 1.29 bits per heavy atom. The van der Waals surface area contributed by atoms with Gasteiger partial charge in [-0.05, 0) is 27.8 Å². The van der Waals surface area contributed by atoms with Crippen molar-refractivity contribution < 1.29 is 14.2 Å². The lowest BCUT2D eigenvalue weighted by atomic mass is 9.94. The third kappa shape index (κ3) is 3.91.